The molecule has 0 saturated carbocycles. The number of amides is 2. The Hall–Kier alpha value is -1.79. The molecule has 0 aromatic carbocycles. The summed E-state index contributed by atoms with van der Waals surface area (Å²) in [5.41, 5.74) is -1.24. The van der Waals surface area contributed by atoms with E-state index in [0.717, 1.165) is 6.42 Å². The average Bonchev–Trinajstić information content (AvgIpc) is 2.83. The van der Waals surface area contributed by atoms with Crippen molar-refractivity contribution >= 4 is 18.0 Å². The molecular formula is C17H30N2O5. The Labute approximate surface area is 144 Å². The minimum absolute atomic E-state index is 0.364. The summed E-state index contributed by atoms with van der Waals surface area (Å²) in [5.74, 6) is -0.866. The Morgan fingerprint density at radius 2 is 1.58 bits per heavy atom. The summed E-state index contributed by atoms with van der Waals surface area (Å²) in [5, 5.41) is 2.63. The van der Waals surface area contributed by atoms with Gasteiger partial charge in [-0.05, 0) is 61.3 Å². The molecule has 1 N–H and O–H groups in total. The third kappa shape index (κ3) is 6.37. The van der Waals surface area contributed by atoms with Crippen LogP contribution in [0.4, 0.5) is 4.79 Å². The summed E-state index contributed by atoms with van der Waals surface area (Å²) >= 11 is 0. The van der Waals surface area contributed by atoms with E-state index in [4.69, 9.17) is 9.47 Å². The van der Waals surface area contributed by atoms with Gasteiger partial charge in [-0.15, -0.1) is 0 Å². The first-order valence-corrected chi connectivity index (χ1v) is 8.33. The molecule has 1 aliphatic heterocycles. The van der Waals surface area contributed by atoms with E-state index in [9.17, 15) is 14.4 Å². The molecule has 7 heteroatoms. The highest BCUT2D eigenvalue weighted by molar-refractivity contribution is 5.90. The van der Waals surface area contributed by atoms with E-state index in [2.05, 4.69) is 5.32 Å². The second-order valence-corrected chi connectivity index (χ2v) is 8.10. The minimum Gasteiger partial charge on any atom is -0.458 e. The minimum atomic E-state index is -0.780. The van der Waals surface area contributed by atoms with E-state index in [0.29, 0.717) is 13.0 Å². The molecule has 2 atom stereocenters. The first-order valence-electron chi connectivity index (χ1n) is 8.33. The Balaban J connectivity index is 2.66. The molecule has 1 fully saturated rings. The van der Waals surface area contributed by atoms with Crippen molar-refractivity contribution in [1.29, 1.82) is 0 Å². The van der Waals surface area contributed by atoms with Gasteiger partial charge in [0.25, 0.3) is 0 Å². The van der Waals surface area contributed by atoms with Crippen LogP contribution < -0.4 is 5.32 Å². The summed E-state index contributed by atoms with van der Waals surface area (Å²) in [6.07, 6.45) is 0.759. The monoisotopic (exact) mass is 342 g/mol. The van der Waals surface area contributed by atoms with Crippen LogP contribution in [-0.2, 0) is 19.1 Å². The lowest BCUT2D eigenvalue weighted by Gasteiger charge is -2.29. The maximum atomic E-state index is 12.4. The van der Waals surface area contributed by atoms with E-state index >= 15 is 0 Å². The highest BCUT2D eigenvalue weighted by Crippen LogP contribution is 2.21. The normalized spacial score (nSPS) is 19.6. The maximum absolute atomic E-state index is 12.4. The van der Waals surface area contributed by atoms with Crippen molar-refractivity contribution in [3.63, 3.8) is 0 Å². The number of carbonyl (C=O) groups is 3. The second kappa shape index (κ2) is 7.40. The number of carbonyl (C=O) groups excluding carboxylic acids is 3. The van der Waals surface area contributed by atoms with Crippen LogP contribution in [0.15, 0.2) is 0 Å². The largest absolute Gasteiger partial charge is 0.458 e. The first-order chi connectivity index (χ1) is 10.8. The molecular weight excluding hydrogens is 312 g/mol. The summed E-state index contributed by atoms with van der Waals surface area (Å²) in [7, 11) is 0. The SMILES string of the molecule is C[C@H](NC(=O)[C@@H]1CCCN1C(=O)OC(C)(C)C)C(=O)OC(C)(C)C. The van der Waals surface area contributed by atoms with Gasteiger partial charge in [0.1, 0.15) is 23.3 Å². The van der Waals surface area contributed by atoms with E-state index < -0.39 is 35.3 Å². The van der Waals surface area contributed by atoms with Gasteiger partial charge in [-0.2, -0.15) is 0 Å². The third-order valence-electron chi connectivity index (χ3n) is 3.30. The van der Waals surface area contributed by atoms with Gasteiger partial charge >= 0.3 is 12.1 Å². The predicted octanol–water partition coefficient (Wildman–Crippen LogP) is 2.23. The third-order valence-corrected chi connectivity index (χ3v) is 3.30. The van der Waals surface area contributed by atoms with Crippen molar-refractivity contribution in [2.24, 2.45) is 0 Å². The number of nitrogens with one attached hydrogen (secondary N) is 1. The van der Waals surface area contributed by atoms with Crippen LogP contribution >= 0.6 is 0 Å². The van der Waals surface area contributed by atoms with E-state index in [1.807, 2.05) is 0 Å². The van der Waals surface area contributed by atoms with Crippen LogP contribution in [0.1, 0.15) is 61.3 Å². The number of rotatable bonds is 3. The Bertz CT molecular complexity index is 490. The topological polar surface area (TPSA) is 84.9 Å². The summed E-state index contributed by atoms with van der Waals surface area (Å²) in [6, 6.07) is -1.40. The number of nitrogens with zero attached hydrogens (tertiary/aromatic N) is 1. The smallest absolute Gasteiger partial charge is 0.410 e. The van der Waals surface area contributed by atoms with Crippen molar-refractivity contribution < 1.29 is 23.9 Å². The zero-order valence-corrected chi connectivity index (χ0v) is 15.8. The molecule has 2 amide bonds. The molecule has 0 unspecified atom stereocenters. The highest BCUT2D eigenvalue weighted by atomic mass is 16.6. The summed E-state index contributed by atoms with van der Waals surface area (Å²) in [4.78, 5) is 38.0. The van der Waals surface area contributed by atoms with Crippen LogP contribution in [0.2, 0.25) is 0 Å². The van der Waals surface area contributed by atoms with Gasteiger partial charge in [0, 0.05) is 6.54 Å². The molecule has 1 heterocycles. The van der Waals surface area contributed by atoms with Gasteiger partial charge in [-0.1, -0.05) is 0 Å². The van der Waals surface area contributed by atoms with Crippen molar-refractivity contribution in [2.75, 3.05) is 6.54 Å². The van der Waals surface area contributed by atoms with Gasteiger partial charge in [-0.3, -0.25) is 9.69 Å². The van der Waals surface area contributed by atoms with Crippen molar-refractivity contribution in [3.8, 4) is 0 Å². The van der Waals surface area contributed by atoms with Crippen LogP contribution in [0, 0.1) is 0 Å². The number of ether oxygens (including phenoxy) is 2. The molecule has 0 aromatic heterocycles. The average molecular weight is 342 g/mol. The molecule has 0 radical (unpaired) electrons. The van der Waals surface area contributed by atoms with Crippen LogP contribution in [0.3, 0.4) is 0 Å². The van der Waals surface area contributed by atoms with E-state index in [-0.39, 0.29) is 5.91 Å². The number of hydrogen-bond acceptors (Lipinski definition) is 5. The number of esters is 1. The second-order valence-electron chi connectivity index (χ2n) is 8.10. The fourth-order valence-corrected chi connectivity index (χ4v) is 2.34. The summed E-state index contributed by atoms with van der Waals surface area (Å²) < 4.78 is 10.6. The van der Waals surface area contributed by atoms with E-state index in [1.54, 1.807) is 48.5 Å². The van der Waals surface area contributed by atoms with Crippen molar-refractivity contribution in [1.82, 2.24) is 10.2 Å². The Kier molecular flexibility index (Phi) is 6.25. The molecule has 0 aliphatic carbocycles. The summed E-state index contributed by atoms with van der Waals surface area (Å²) in [6.45, 7) is 12.7. The fraction of sp³-hybridized carbons (Fsp3) is 0.824. The molecule has 7 nitrogen and oxygen atoms in total. The predicted molar refractivity (Wildman–Crippen MR) is 89.4 cm³/mol. The molecule has 24 heavy (non-hydrogen) atoms. The maximum Gasteiger partial charge on any atom is 0.410 e. The molecule has 138 valence electrons. The molecule has 1 aliphatic rings. The van der Waals surface area contributed by atoms with Gasteiger partial charge < -0.3 is 14.8 Å². The van der Waals surface area contributed by atoms with Gasteiger partial charge in [0.05, 0.1) is 0 Å². The van der Waals surface area contributed by atoms with Crippen molar-refractivity contribution in [3.05, 3.63) is 0 Å². The van der Waals surface area contributed by atoms with E-state index in [1.165, 1.54) is 4.90 Å². The molecule has 0 aromatic rings. The standard InChI is InChI=1S/C17H30N2O5/c1-11(14(21)23-16(2,3)4)18-13(20)12-9-8-10-19(12)15(22)24-17(5,6)7/h11-12H,8-10H2,1-7H3,(H,18,20)/t11-,12-/m0/s1. The molecule has 0 spiro atoms. The number of likely N-dealkylation sites (tertiary alicyclic amines) is 1. The van der Waals surface area contributed by atoms with Gasteiger partial charge in [-0.25, -0.2) is 9.59 Å². The highest BCUT2D eigenvalue weighted by Gasteiger charge is 2.37. The zero-order valence-electron chi connectivity index (χ0n) is 15.8. The molecule has 1 saturated heterocycles. The van der Waals surface area contributed by atoms with Crippen LogP contribution in [0.25, 0.3) is 0 Å². The van der Waals surface area contributed by atoms with Gasteiger partial charge in [0.2, 0.25) is 5.91 Å². The van der Waals surface area contributed by atoms with Crippen molar-refractivity contribution in [2.45, 2.75) is 84.6 Å². The lowest BCUT2D eigenvalue weighted by Crippen LogP contribution is -2.51. The van der Waals surface area contributed by atoms with Gasteiger partial charge in [0.15, 0.2) is 0 Å². The number of hydrogen-bond donors (Lipinski definition) is 1. The Morgan fingerprint density at radius 1 is 1.04 bits per heavy atom. The van der Waals surface area contributed by atoms with Crippen LogP contribution in [0.5, 0.6) is 0 Å². The molecule has 1 rings (SSSR count). The van der Waals surface area contributed by atoms with Crippen LogP contribution in [-0.4, -0.2) is 52.7 Å². The quantitative estimate of drug-likeness (QED) is 0.795. The first kappa shape index (κ1) is 20.3. The molecule has 0 bridgehead atoms. The lowest BCUT2D eigenvalue weighted by molar-refractivity contribution is -0.158. The lowest BCUT2D eigenvalue weighted by atomic mass is 10.1. The fourth-order valence-electron chi connectivity index (χ4n) is 2.34. The Morgan fingerprint density at radius 3 is 2.08 bits per heavy atom. The zero-order chi connectivity index (χ0) is 18.7.